The van der Waals surface area contributed by atoms with Gasteiger partial charge in [-0.2, -0.15) is 22.8 Å². The molecule has 0 aliphatic rings. The number of nitrogens with one attached hydrogen (secondary N) is 1. The Morgan fingerprint density at radius 3 is 2.56 bits per heavy atom. The largest absolute Gasteiger partial charge is 0.419 e. The van der Waals surface area contributed by atoms with Crippen molar-refractivity contribution in [3.63, 3.8) is 0 Å². The van der Waals surface area contributed by atoms with Crippen molar-refractivity contribution < 1.29 is 26.0 Å². The van der Waals surface area contributed by atoms with Gasteiger partial charge in [0.2, 0.25) is 0 Å². The van der Waals surface area contributed by atoms with E-state index in [1.54, 1.807) is 13.0 Å². The molecule has 2 heterocycles. The lowest BCUT2D eigenvalue weighted by molar-refractivity contribution is -0.140. The number of nitrogens with zero attached hydrogens (tertiary/aromatic N) is 3. The minimum absolute atomic E-state index is 0.0176. The van der Waals surface area contributed by atoms with Crippen LogP contribution < -0.4 is 4.72 Å². The van der Waals surface area contributed by atoms with Crippen molar-refractivity contribution in [2.24, 2.45) is 0 Å². The number of alkyl halides is 3. The third kappa shape index (κ3) is 3.27. The number of halogens is 4. The van der Waals surface area contributed by atoms with Crippen molar-refractivity contribution in [1.29, 1.82) is 0 Å². The Kier molecular flexibility index (Phi) is 3.90. The fraction of sp³-hybridized carbons (Fsp3) is 0.143. The third-order valence-corrected chi connectivity index (χ3v) is 4.62. The van der Waals surface area contributed by atoms with Crippen LogP contribution in [0.5, 0.6) is 0 Å². The summed E-state index contributed by atoms with van der Waals surface area (Å²) in [5.74, 6) is -1.57. The van der Waals surface area contributed by atoms with Crippen LogP contribution >= 0.6 is 0 Å². The van der Waals surface area contributed by atoms with E-state index >= 15 is 0 Å². The lowest BCUT2D eigenvalue weighted by Gasteiger charge is -2.12. The van der Waals surface area contributed by atoms with E-state index in [1.807, 2.05) is 0 Å². The maximum Gasteiger partial charge on any atom is 0.419 e. The first-order chi connectivity index (χ1) is 11.6. The van der Waals surface area contributed by atoms with Gasteiger partial charge in [0.15, 0.2) is 5.65 Å². The number of benzene rings is 1. The van der Waals surface area contributed by atoms with Gasteiger partial charge in [-0.1, -0.05) is 0 Å². The van der Waals surface area contributed by atoms with Gasteiger partial charge >= 0.3 is 6.18 Å². The monoisotopic (exact) mass is 374 g/mol. The summed E-state index contributed by atoms with van der Waals surface area (Å²) in [4.78, 5) is 3.26. The molecule has 1 N–H and O–H groups in total. The summed E-state index contributed by atoms with van der Waals surface area (Å²) in [6, 6.07) is 4.34. The molecule has 25 heavy (non-hydrogen) atoms. The van der Waals surface area contributed by atoms with Gasteiger partial charge in [0, 0.05) is 12.3 Å². The molecular weight excluding hydrogens is 364 g/mol. The van der Waals surface area contributed by atoms with E-state index in [-0.39, 0.29) is 11.9 Å². The van der Waals surface area contributed by atoms with Crippen molar-refractivity contribution in [3.8, 4) is 0 Å². The number of fused-ring (bicyclic) bond motifs is 1. The molecule has 0 fully saturated rings. The molecule has 0 aliphatic heterocycles. The first kappa shape index (κ1) is 17.1. The van der Waals surface area contributed by atoms with Crippen molar-refractivity contribution in [3.05, 3.63) is 53.6 Å². The fourth-order valence-electron chi connectivity index (χ4n) is 2.17. The third-order valence-electron chi connectivity index (χ3n) is 3.27. The van der Waals surface area contributed by atoms with Crippen molar-refractivity contribution in [2.75, 3.05) is 4.72 Å². The molecule has 0 saturated carbocycles. The summed E-state index contributed by atoms with van der Waals surface area (Å²) in [5.41, 5.74) is -0.738. The summed E-state index contributed by atoms with van der Waals surface area (Å²) >= 11 is 0. The molecule has 0 bridgehead atoms. The predicted octanol–water partition coefficient (Wildman–Crippen LogP) is 3.00. The average Bonchev–Trinajstić information content (AvgIpc) is 2.87. The maximum absolute atomic E-state index is 13.3. The first-order valence-electron chi connectivity index (χ1n) is 6.79. The Morgan fingerprint density at radius 1 is 1.16 bits per heavy atom. The Hall–Kier alpha value is -2.69. The zero-order valence-corrected chi connectivity index (χ0v) is 13.4. The second kappa shape index (κ2) is 5.69. The molecule has 11 heteroatoms. The smallest absolute Gasteiger partial charge is 0.263 e. The molecule has 132 valence electrons. The van der Waals surface area contributed by atoms with Crippen LogP contribution in [0.25, 0.3) is 5.65 Å². The van der Waals surface area contributed by atoms with Gasteiger partial charge in [-0.3, -0.25) is 4.72 Å². The number of aromatic nitrogens is 3. The number of rotatable bonds is 3. The molecule has 0 amide bonds. The van der Waals surface area contributed by atoms with E-state index in [2.05, 4.69) is 14.8 Å². The molecule has 0 atom stereocenters. The number of anilines is 1. The number of hydrogen-bond acceptors (Lipinski definition) is 4. The second-order valence-electron chi connectivity index (χ2n) is 5.13. The van der Waals surface area contributed by atoms with E-state index in [0.717, 1.165) is 6.07 Å². The highest BCUT2D eigenvalue weighted by Gasteiger charge is 2.35. The Morgan fingerprint density at radius 2 is 1.88 bits per heavy atom. The molecule has 0 aliphatic carbocycles. The van der Waals surface area contributed by atoms with Crippen LogP contribution in [0.4, 0.5) is 23.4 Å². The Bertz CT molecular complexity index is 1060. The van der Waals surface area contributed by atoms with Gasteiger partial charge < -0.3 is 0 Å². The summed E-state index contributed by atoms with van der Waals surface area (Å²) < 4.78 is 79.8. The van der Waals surface area contributed by atoms with Crippen LogP contribution in [0.15, 0.2) is 41.4 Å². The minimum Gasteiger partial charge on any atom is -0.263 e. The van der Waals surface area contributed by atoms with Gasteiger partial charge in [0.1, 0.15) is 11.6 Å². The molecule has 1 aromatic carbocycles. The molecule has 3 aromatic rings. The SMILES string of the molecule is Cc1cc2nccc(NS(=O)(=O)c3ccc(F)c(C(F)(F)F)c3)n2n1. The van der Waals surface area contributed by atoms with Crippen LogP contribution in [-0.4, -0.2) is 23.0 Å². The summed E-state index contributed by atoms with van der Waals surface area (Å²) in [7, 11) is -4.40. The zero-order chi connectivity index (χ0) is 18.4. The van der Waals surface area contributed by atoms with Crippen LogP contribution in [0.1, 0.15) is 11.3 Å². The Balaban J connectivity index is 2.05. The van der Waals surface area contributed by atoms with Gasteiger partial charge in [-0.05, 0) is 31.2 Å². The maximum atomic E-state index is 13.3. The summed E-state index contributed by atoms with van der Waals surface area (Å²) in [5, 5.41) is 4.05. The van der Waals surface area contributed by atoms with E-state index in [9.17, 15) is 26.0 Å². The van der Waals surface area contributed by atoms with Crippen LogP contribution in [0.3, 0.4) is 0 Å². The van der Waals surface area contributed by atoms with E-state index in [4.69, 9.17) is 0 Å². The highest BCUT2D eigenvalue weighted by Crippen LogP contribution is 2.33. The molecule has 2 aromatic heterocycles. The zero-order valence-electron chi connectivity index (χ0n) is 12.5. The summed E-state index contributed by atoms with van der Waals surface area (Å²) in [6.45, 7) is 1.67. The summed E-state index contributed by atoms with van der Waals surface area (Å²) in [6.07, 6.45) is -3.70. The lowest BCUT2D eigenvalue weighted by Crippen LogP contribution is -2.17. The van der Waals surface area contributed by atoms with Gasteiger partial charge in [0.25, 0.3) is 10.0 Å². The van der Waals surface area contributed by atoms with Crippen molar-refractivity contribution in [1.82, 2.24) is 14.6 Å². The average molecular weight is 374 g/mol. The number of sulfonamides is 1. The molecule has 0 radical (unpaired) electrons. The van der Waals surface area contributed by atoms with Crippen LogP contribution in [0.2, 0.25) is 0 Å². The van der Waals surface area contributed by atoms with Crippen LogP contribution in [0, 0.1) is 12.7 Å². The van der Waals surface area contributed by atoms with Crippen molar-refractivity contribution in [2.45, 2.75) is 18.0 Å². The standard InChI is InChI=1S/C14H10F4N4O2S/c1-8-6-13-19-5-4-12(22(13)20-8)21-25(23,24)9-2-3-11(15)10(7-9)14(16,17)18/h2-7,21H,1H3. The van der Waals surface area contributed by atoms with Gasteiger partial charge in [0.05, 0.1) is 16.2 Å². The van der Waals surface area contributed by atoms with Gasteiger partial charge in [-0.15, -0.1) is 0 Å². The van der Waals surface area contributed by atoms with Gasteiger partial charge in [-0.25, -0.2) is 17.8 Å². The van der Waals surface area contributed by atoms with E-state index in [0.29, 0.717) is 17.4 Å². The van der Waals surface area contributed by atoms with E-state index < -0.39 is 32.5 Å². The molecule has 0 unspecified atom stereocenters. The van der Waals surface area contributed by atoms with Crippen molar-refractivity contribution >= 4 is 21.5 Å². The highest BCUT2D eigenvalue weighted by atomic mass is 32.2. The number of hydrogen-bond donors (Lipinski definition) is 1. The molecule has 3 rings (SSSR count). The first-order valence-corrected chi connectivity index (χ1v) is 8.27. The molecule has 6 nitrogen and oxygen atoms in total. The second-order valence-corrected chi connectivity index (χ2v) is 6.81. The van der Waals surface area contributed by atoms with E-state index in [1.165, 1.54) is 16.8 Å². The fourth-order valence-corrected chi connectivity index (χ4v) is 3.24. The number of aryl methyl sites for hydroxylation is 1. The van der Waals surface area contributed by atoms with Crippen LogP contribution in [-0.2, 0) is 16.2 Å². The topological polar surface area (TPSA) is 76.4 Å². The molecular formula is C14H10F4N4O2S. The normalized spacial score (nSPS) is 12.5. The Labute approximate surface area is 139 Å². The minimum atomic E-state index is -5.02. The quantitative estimate of drug-likeness (QED) is 0.715. The molecule has 0 saturated heterocycles. The highest BCUT2D eigenvalue weighted by molar-refractivity contribution is 7.92. The molecule has 0 spiro atoms. The predicted molar refractivity (Wildman–Crippen MR) is 79.9 cm³/mol. The lowest BCUT2D eigenvalue weighted by atomic mass is 10.2.